The van der Waals surface area contributed by atoms with E-state index in [9.17, 15) is 4.79 Å². The van der Waals surface area contributed by atoms with Gasteiger partial charge in [-0.05, 0) is 51.0 Å². The predicted molar refractivity (Wildman–Crippen MR) is 142 cm³/mol. The topological polar surface area (TPSA) is 77.6 Å². The van der Waals surface area contributed by atoms with Gasteiger partial charge in [0, 0.05) is 62.5 Å². The maximum Gasteiger partial charge on any atom is 0.230 e. The van der Waals surface area contributed by atoms with Crippen LogP contribution in [0, 0.1) is 19.8 Å². The van der Waals surface area contributed by atoms with Crippen molar-refractivity contribution >= 4 is 23.2 Å². The second-order valence-corrected chi connectivity index (χ2v) is 10.1. The van der Waals surface area contributed by atoms with Gasteiger partial charge in [-0.2, -0.15) is 0 Å². The molecular formula is C28H34N6O2. The molecule has 2 saturated heterocycles. The van der Waals surface area contributed by atoms with Crippen LogP contribution < -0.4 is 14.7 Å². The molecule has 0 bridgehead atoms. The van der Waals surface area contributed by atoms with Gasteiger partial charge in [0.15, 0.2) is 0 Å². The number of hydrogen-bond acceptors (Lipinski definition) is 6. The fourth-order valence-corrected chi connectivity index (χ4v) is 5.77. The quantitative estimate of drug-likeness (QED) is 0.608. The number of piperidine rings is 1. The number of amides is 1. The van der Waals surface area contributed by atoms with Crippen molar-refractivity contribution in [2.24, 2.45) is 5.92 Å². The number of imidazole rings is 1. The minimum Gasteiger partial charge on any atom is -0.378 e. The highest BCUT2D eigenvalue weighted by Gasteiger charge is 2.33. The number of pyridine rings is 1. The molecule has 3 aromatic rings. The van der Waals surface area contributed by atoms with Crippen LogP contribution in [0.25, 0.3) is 11.3 Å². The van der Waals surface area contributed by atoms with E-state index in [2.05, 4.69) is 57.9 Å². The number of morpholine rings is 1. The third-order valence-corrected chi connectivity index (χ3v) is 7.79. The van der Waals surface area contributed by atoms with Crippen LogP contribution in [-0.2, 0) is 16.0 Å². The van der Waals surface area contributed by atoms with Gasteiger partial charge in [-0.3, -0.25) is 9.78 Å². The molecule has 3 aliphatic rings. The Morgan fingerprint density at radius 3 is 2.58 bits per heavy atom. The minimum absolute atomic E-state index is 0.0284. The summed E-state index contributed by atoms with van der Waals surface area (Å²) < 4.78 is 5.52. The number of aromatic amines is 1. The van der Waals surface area contributed by atoms with Gasteiger partial charge in [0.1, 0.15) is 0 Å². The number of carbonyl (C=O) groups is 1. The number of nitrogens with zero attached hydrogens (tertiary/aromatic N) is 5. The van der Waals surface area contributed by atoms with Gasteiger partial charge < -0.3 is 24.4 Å². The molecule has 0 saturated carbocycles. The highest BCUT2D eigenvalue weighted by Crippen LogP contribution is 2.38. The number of aryl methyl sites for hydroxylation is 2. The summed E-state index contributed by atoms with van der Waals surface area (Å²) in [6, 6.07) is 10.5. The molecule has 0 unspecified atom stereocenters. The van der Waals surface area contributed by atoms with Crippen LogP contribution in [0.15, 0.2) is 36.5 Å². The zero-order valence-corrected chi connectivity index (χ0v) is 21.2. The molecule has 8 nitrogen and oxygen atoms in total. The molecule has 1 amide bonds. The predicted octanol–water partition coefficient (Wildman–Crippen LogP) is 3.73. The smallest absolute Gasteiger partial charge is 0.230 e. The monoisotopic (exact) mass is 486 g/mol. The van der Waals surface area contributed by atoms with Crippen molar-refractivity contribution in [3.05, 3.63) is 53.5 Å². The van der Waals surface area contributed by atoms with Gasteiger partial charge in [-0.1, -0.05) is 11.6 Å². The van der Waals surface area contributed by atoms with Crippen LogP contribution in [-0.4, -0.2) is 66.8 Å². The molecular weight excluding hydrogens is 452 g/mol. The average Bonchev–Trinajstić information content (AvgIpc) is 3.28. The number of benzene rings is 1. The molecule has 188 valence electrons. The lowest BCUT2D eigenvalue weighted by Crippen LogP contribution is -2.43. The van der Waals surface area contributed by atoms with E-state index in [1.807, 2.05) is 17.2 Å². The van der Waals surface area contributed by atoms with E-state index in [-0.39, 0.29) is 11.8 Å². The Balaban J connectivity index is 1.24. The van der Waals surface area contributed by atoms with Gasteiger partial charge in [0.05, 0.1) is 36.0 Å². The lowest BCUT2D eigenvalue weighted by Gasteiger charge is -2.36. The fraction of sp³-hybridized carbons (Fsp3) is 0.464. The zero-order chi connectivity index (χ0) is 24.6. The first kappa shape index (κ1) is 23.0. The molecule has 5 heterocycles. The number of hydrogen-bond donors (Lipinski definition) is 1. The van der Waals surface area contributed by atoms with Crippen molar-refractivity contribution in [2.45, 2.75) is 33.1 Å². The first-order valence-electron chi connectivity index (χ1n) is 13.1. The standard InChI is InChI=1S/C28H34N6O2/c1-19-5-6-25-22(18-19)26-23(30-28(31-26)33-14-16-36-17-15-33)9-13-34(25)27(35)21-7-11-32(12-8-21)24-4-3-10-29-20(24)2/h3-6,10,18,21H,7-9,11-17H2,1-2H3,(H,30,31). The number of carbonyl (C=O) groups excluding carboxylic acids is 1. The summed E-state index contributed by atoms with van der Waals surface area (Å²) in [4.78, 5) is 33.6. The normalized spacial score (nSPS) is 18.6. The fourth-order valence-electron chi connectivity index (χ4n) is 5.77. The second kappa shape index (κ2) is 9.58. The van der Waals surface area contributed by atoms with Crippen molar-refractivity contribution in [2.75, 3.05) is 60.6 Å². The van der Waals surface area contributed by atoms with Crippen molar-refractivity contribution < 1.29 is 9.53 Å². The Hall–Kier alpha value is -3.39. The molecule has 0 aliphatic carbocycles. The number of anilines is 3. The third-order valence-electron chi connectivity index (χ3n) is 7.79. The molecule has 2 fully saturated rings. The van der Waals surface area contributed by atoms with Crippen LogP contribution in [0.5, 0.6) is 0 Å². The average molecular weight is 487 g/mol. The van der Waals surface area contributed by atoms with Crippen molar-refractivity contribution in [1.82, 2.24) is 15.0 Å². The van der Waals surface area contributed by atoms with Gasteiger partial charge in [-0.25, -0.2) is 4.98 Å². The van der Waals surface area contributed by atoms with Crippen LogP contribution in [0.3, 0.4) is 0 Å². The van der Waals surface area contributed by atoms with E-state index in [4.69, 9.17) is 9.72 Å². The molecule has 36 heavy (non-hydrogen) atoms. The van der Waals surface area contributed by atoms with Gasteiger partial charge in [-0.15, -0.1) is 0 Å². The van der Waals surface area contributed by atoms with E-state index >= 15 is 0 Å². The first-order chi connectivity index (χ1) is 17.6. The number of fused-ring (bicyclic) bond motifs is 3. The van der Waals surface area contributed by atoms with Crippen molar-refractivity contribution in [3.8, 4) is 11.3 Å². The molecule has 6 rings (SSSR count). The number of ether oxygens (including phenoxy) is 1. The Morgan fingerprint density at radius 1 is 1.00 bits per heavy atom. The van der Waals surface area contributed by atoms with Crippen LogP contribution >= 0.6 is 0 Å². The molecule has 1 N–H and O–H groups in total. The summed E-state index contributed by atoms with van der Waals surface area (Å²) in [5.41, 5.74) is 7.52. The first-order valence-corrected chi connectivity index (χ1v) is 13.1. The zero-order valence-electron chi connectivity index (χ0n) is 21.2. The number of rotatable bonds is 3. The molecule has 2 aromatic heterocycles. The van der Waals surface area contributed by atoms with Crippen LogP contribution in [0.2, 0.25) is 0 Å². The molecule has 3 aliphatic heterocycles. The largest absolute Gasteiger partial charge is 0.378 e. The Bertz CT molecular complexity index is 1260. The van der Waals surface area contributed by atoms with Gasteiger partial charge >= 0.3 is 0 Å². The Morgan fingerprint density at radius 2 is 1.81 bits per heavy atom. The van der Waals surface area contributed by atoms with Gasteiger partial charge in [0.2, 0.25) is 11.9 Å². The van der Waals surface area contributed by atoms with Gasteiger partial charge in [0.25, 0.3) is 0 Å². The number of nitrogens with one attached hydrogen (secondary N) is 1. The maximum absolute atomic E-state index is 13.9. The molecule has 0 radical (unpaired) electrons. The van der Waals surface area contributed by atoms with Crippen LogP contribution in [0.1, 0.15) is 29.8 Å². The number of H-pyrrole nitrogens is 1. The molecule has 0 atom stereocenters. The molecule has 8 heteroatoms. The highest BCUT2D eigenvalue weighted by atomic mass is 16.5. The minimum atomic E-state index is 0.0284. The summed E-state index contributed by atoms with van der Waals surface area (Å²) in [5.74, 6) is 1.18. The Kier molecular flexibility index (Phi) is 6.13. The summed E-state index contributed by atoms with van der Waals surface area (Å²) in [6.07, 6.45) is 4.31. The third kappa shape index (κ3) is 4.23. The molecule has 1 aromatic carbocycles. The molecule has 0 spiro atoms. The summed E-state index contributed by atoms with van der Waals surface area (Å²) in [6.45, 7) is 9.70. The van der Waals surface area contributed by atoms with E-state index < -0.39 is 0 Å². The lowest BCUT2D eigenvalue weighted by atomic mass is 9.94. The Labute approximate surface area is 212 Å². The van der Waals surface area contributed by atoms with Crippen molar-refractivity contribution in [3.63, 3.8) is 0 Å². The number of aromatic nitrogens is 3. The second-order valence-electron chi connectivity index (χ2n) is 10.1. The lowest BCUT2D eigenvalue weighted by molar-refractivity contribution is -0.123. The van der Waals surface area contributed by atoms with E-state index in [1.165, 1.54) is 11.3 Å². The summed E-state index contributed by atoms with van der Waals surface area (Å²) >= 11 is 0. The van der Waals surface area contributed by atoms with E-state index in [0.29, 0.717) is 6.54 Å². The van der Waals surface area contributed by atoms with E-state index in [0.717, 1.165) is 92.9 Å². The summed E-state index contributed by atoms with van der Waals surface area (Å²) in [7, 11) is 0. The van der Waals surface area contributed by atoms with E-state index in [1.54, 1.807) is 0 Å². The highest BCUT2D eigenvalue weighted by molar-refractivity contribution is 6.00. The van der Waals surface area contributed by atoms with Crippen LogP contribution in [0.4, 0.5) is 17.3 Å². The van der Waals surface area contributed by atoms with Crippen molar-refractivity contribution in [1.29, 1.82) is 0 Å². The SMILES string of the molecule is Cc1ccc2c(c1)-c1nc(N3CCOCC3)[nH]c1CCN2C(=O)C1CCN(c2cccnc2C)CC1. The summed E-state index contributed by atoms with van der Waals surface area (Å²) in [5, 5.41) is 0. The maximum atomic E-state index is 13.9.